The number of aryl methyl sites for hydroxylation is 2. The van der Waals surface area contributed by atoms with Gasteiger partial charge in [0, 0.05) is 16.5 Å². The van der Waals surface area contributed by atoms with E-state index in [2.05, 4.69) is 15.3 Å². The van der Waals surface area contributed by atoms with Gasteiger partial charge in [-0.2, -0.15) is 0 Å². The van der Waals surface area contributed by atoms with Crippen molar-refractivity contribution in [2.45, 2.75) is 13.8 Å². The molecular formula is C11H9ClN4OS2. The van der Waals surface area contributed by atoms with Crippen LogP contribution < -0.4 is 5.32 Å². The van der Waals surface area contributed by atoms with Crippen LogP contribution in [-0.2, 0) is 0 Å². The smallest absolute Gasteiger partial charge is 0.277 e. The van der Waals surface area contributed by atoms with Gasteiger partial charge in [0.15, 0.2) is 20.9 Å². The molecule has 8 heteroatoms. The molecule has 0 saturated heterocycles. The lowest BCUT2D eigenvalue weighted by Gasteiger charge is -2.00. The van der Waals surface area contributed by atoms with Gasteiger partial charge in [-0.25, -0.2) is 9.97 Å². The van der Waals surface area contributed by atoms with Gasteiger partial charge in [0.2, 0.25) is 0 Å². The zero-order valence-corrected chi connectivity index (χ0v) is 12.5. The summed E-state index contributed by atoms with van der Waals surface area (Å²) in [4.78, 5) is 22.4. The molecule has 0 aromatic carbocycles. The van der Waals surface area contributed by atoms with Crippen LogP contribution in [0.3, 0.4) is 0 Å². The summed E-state index contributed by atoms with van der Waals surface area (Å²) in [5.74, 6) is -0.301. The number of halogens is 1. The average molecular weight is 313 g/mol. The largest absolute Gasteiger partial charge is 0.296 e. The molecule has 0 fully saturated rings. The van der Waals surface area contributed by atoms with Crippen molar-refractivity contribution in [2.24, 2.45) is 0 Å². The maximum absolute atomic E-state index is 12.2. The number of anilines is 1. The zero-order chi connectivity index (χ0) is 13.6. The summed E-state index contributed by atoms with van der Waals surface area (Å²) in [5, 5.41) is 5.38. The normalized spacial score (nSPS) is 11.1. The third-order valence-electron chi connectivity index (χ3n) is 2.68. The molecule has 0 spiro atoms. The summed E-state index contributed by atoms with van der Waals surface area (Å²) < 4.78 is 1.68. The van der Waals surface area contributed by atoms with E-state index in [1.165, 1.54) is 22.7 Å². The summed E-state index contributed by atoms with van der Waals surface area (Å²) in [7, 11) is 0. The molecule has 0 saturated carbocycles. The molecule has 3 aromatic heterocycles. The highest BCUT2D eigenvalue weighted by molar-refractivity contribution is 7.16. The first-order valence-electron chi connectivity index (χ1n) is 5.42. The van der Waals surface area contributed by atoms with Gasteiger partial charge in [-0.15, -0.1) is 22.7 Å². The maximum atomic E-state index is 12.2. The van der Waals surface area contributed by atoms with Gasteiger partial charge in [-0.05, 0) is 13.8 Å². The van der Waals surface area contributed by atoms with Crippen molar-refractivity contribution in [3.8, 4) is 0 Å². The highest BCUT2D eigenvalue weighted by Gasteiger charge is 2.20. The molecule has 98 valence electrons. The van der Waals surface area contributed by atoms with E-state index in [1.54, 1.807) is 10.6 Å². The Morgan fingerprint density at radius 1 is 1.42 bits per heavy atom. The molecular weight excluding hydrogens is 304 g/mol. The van der Waals surface area contributed by atoms with Gasteiger partial charge < -0.3 is 0 Å². The quantitative estimate of drug-likeness (QED) is 0.789. The lowest BCUT2D eigenvalue weighted by molar-refractivity contribution is 0.102. The van der Waals surface area contributed by atoms with Crippen LogP contribution in [0, 0.1) is 13.8 Å². The molecule has 0 radical (unpaired) electrons. The molecule has 1 N–H and O–H groups in total. The van der Waals surface area contributed by atoms with Gasteiger partial charge in [-0.1, -0.05) is 11.6 Å². The van der Waals surface area contributed by atoms with E-state index in [4.69, 9.17) is 11.6 Å². The predicted octanol–water partition coefficient (Wildman–Crippen LogP) is 3.37. The Labute approximate surface area is 121 Å². The Morgan fingerprint density at radius 3 is 2.89 bits per heavy atom. The number of nitrogens with one attached hydrogen (secondary N) is 1. The molecule has 3 heterocycles. The Hall–Kier alpha value is -1.44. The van der Waals surface area contributed by atoms with Gasteiger partial charge in [0.05, 0.1) is 5.69 Å². The van der Waals surface area contributed by atoms with Crippen molar-refractivity contribution in [1.29, 1.82) is 0 Å². The monoisotopic (exact) mass is 312 g/mol. The van der Waals surface area contributed by atoms with E-state index in [-0.39, 0.29) is 11.1 Å². The van der Waals surface area contributed by atoms with Crippen molar-refractivity contribution in [1.82, 2.24) is 14.4 Å². The lowest BCUT2D eigenvalue weighted by Crippen LogP contribution is -2.14. The zero-order valence-electron chi connectivity index (χ0n) is 10.1. The summed E-state index contributed by atoms with van der Waals surface area (Å²) in [6, 6.07) is 0. The standard InChI is InChI=1S/C11H9ClN4OS2/c1-5-6(2)19-10(13-5)15-9(17)7-8(12)14-11-16(7)3-4-18-11/h3-4H,1-2H3,(H,13,15,17). The summed E-state index contributed by atoms with van der Waals surface area (Å²) in [6.45, 7) is 3.87. The summed E-state index contributed by atoms with van der Waals surface area (Å²) in [6.07, 6.45) is 1.77. The van der Waals surface area contributed by atoms with E-state index in [0.29, 0.717) is 15.8 Å². The number of aromatic nitrogens is 3. The number of hydrogen-bond acceptors (Lipinski definition) is 5. The Bertz CT molecular complexity index is 753. The minimum Gasteiger partial charge on any atom is -0.296 e. The second-order valence-corrected chi connectivity index (χ2v) is 6.36. The number of carbonyl (C=O) groups is 1. The molecule has 0 bridgehead atoms. The van der Waals surface area contributed by atoms with Crippen molar-refractivity contribution in [2.75, 3.05) is 5.32 Å². The van der Waals surface area contributed by atoms with E-state index < -0.39 is 0 Å². The van der Waals surface area contributed by atoms with Crippen molar-refractivity contribution in [3.05, 3.63) is 33.0 Å². The first kappa shape index (κ1) is 12.6. The van der Waals surface area contributed by atoms with Gasteiger partial charge >= 0.3 is 0 Å². The van der Waals surface area contributed by atoms with E-state index in [0.717, 1.165) is 10.6 Å². The molecule has 5 nitrogen and oxygen atoms in total. The van der Waals surface area contributed by atoms with E-state index in [1.807, 2.05) is 19.2 Å². The predicted molar refractivity (Wildman–Crippen MR) is 77.6 cm³/mol. The molecule has 0 aliphatic heterocycles. The van der Waals surface area contributed by atoms with Crippen LogP contribution in [0.1, 0.15) is 21.1 Å². The Kier molecular flexibility index (Phi) is 3.04. The van der Waals surface area contributed by atoms with Crippen LogP contribution in [0.2, 0.25) is 5.15 Å². The lowest BCUT2D eigenvalue weighted by atomic mass is 10.4. The second kappa shape index (κ2) is 4.59. The second-order valence-electron chi connectivity index (χ2n) is 3.92. The Balaban J connectivity index is 1.95. The highest BCUT2D eigenvalue weighted by Crippen LogP contribution is 2.25. The van der Waals surface area contributed by atoms with Gasteiger partial charge in [0.1, 0.15) is 0 Å². The fourth-order valence-corrected chi connectivity index (χ4v) is 3.48. The maximum Gasteiger partial charge on any atom is 0.277 e. The number of hydrogen-bond donors (Lipinski definition) is 1. The SMILES string of the molecule is Cc1nc(NC(=O)c2c(Cl)nc3sccn23)sc1C. The van der Waals surface area contributed by atoms with E-state index in [9.17, 15) is 4.79 Å². The fourth-order valence-electron chi connectivity index (χ4n) is 1.65. The molecule has 3 rings (SSSR count). The minimum absolute atomic E-state index is 0.203. The first-order chi connectivity index (χ1) is 9.06. The molecule has 3 aromatic rings. The van der Waals surface area contributed by atoms with Crippen LogP contribution in [0.15, 0.2) is 11.6 Å². The Morgan fingerprint density at radius 2 is 2.21 bits per heavy atom. The van der Waals surface area contributed by atoms with Crippen LogP contribution >= 0.6 is 34.3 Å². The number of nitrogens with zero attached hydrogens (tertiary/aromatic N) is 3. The van der Waals surface area contributed by atoms with E-state index >= 15 is 0 Å². The van der Waals surface area contributed by atoms with Crippen molar-refractivity contribution < 1.29 is 4.79 Å². The van der Waals surface area contributed by atoms with Gasteiger partial charge in [-0.3, -0.25) is 14.5 Å². The number of fused-ring (bicyclic) bond motifs is 1. The highest BCUT2D eigenvalue weighted by atomic mass is 35.5. The van der Waals surface area contributed by atoms with Crippen molar-refractivity contribution in [3.63, 3.8) is 0 Å². The molecule has 0 atom stereocenters. The van der Waals surface area contributed by atoms with Crippen LogP contribution in [0.4, 0.5) is 5.13 Å². The molecule has 0 unspecified atom stereocenters. The summed E-state index contributed by atoms with van der Waals surface area (Å²) >= 11 is 8.87. The number of amides is 1. The first-order valence-corrected chi connectivity index (χ1v) is 7.50. The van der Waals surface area contributed by atoms with Crippen LogP contribution in [0.25, 0.3) is 4.96 Å². The van der Waals surface area contributed by atoms with Crippen LogP contribution in [-0.4, -0.2) is 20.3 Å². The molecule has 1 amide bonds. The van der Waals surface area contributed by atoms with Gasteiger partial charge in [0.25, 0.3) is 5.91 Å². The molecule has 19 heavy (non-hydrogen) atoms. The average Bonchev–Trinajstić information content (AvgIpc) is 2.94. The third kappa shape index (κ3) is 2.13. The minimum atomic E-state index is -0.301. The number of rotatable bonds is 2. The summed E-state index contributed by atoms with van der Waals surface area (Å²) in [5.41, 5.74) is 1.25. The topological polar surface area (TPSA) is 59.3 Å². The third-order valence-corrected chi connectivity index (χ3v) is 4.69. The number of thiazole rings is 2. The molecule has 0 aliphatic carbocycles. The number of imidazole rings is 1. The van der Waals surface area contributed by atoms with Crippen molar-refractivity contribution >= 4 is 50.3 Å². The molecule has 0 aliphatic rings. The fraction of sp³-hybridized carbons (Fsp3) is 0.182. The van der Waals surface area contributed by atoms with Crippen LogP contribution in [0.5, 0.6) is 0 Å². The number of carbonyl (C=O) groups excluding carboxylic acids is 1.